The van der Waals surface area contributed by atoms with Gasteiger partial charge in [0, 0.05) is 10.0 Å². The fraction of sp³-hybridized carbons (Fsp3) is 0.250. The Morgan fingerprint density at radius 3 is 2.64 bits per heavy atom. The number of halogens is 2. The first kappa shape index (κ1) is 8.88. The molecule has 1 aromatic rings. The van der Waals surface area contributed by atoms with E-state index < -0.39 is 0 Å². The monoisotopic (exact) mass is 234 g/mol. The van der Waals surface area contributed by atoms with Crippen molar-refractivity contribution in [2.75, 3.05) is 7.11 Å². The van der Waals surface area contributed by atoms with Crippen LogP contribution in [0.1, 0.15) is 5.56 Å². The lowest BCUT2D eigenvalue weighted by atomic mass is 10.2. The van der Waals surface area contributed by atoms with E-state index >= 15 is 0 Å². The van der Waals surface area contributed by atoms with Crippen LogP contribution in [0.2, 0.25) is 5.02 Å². The van der Waals surface area contributed by atoms with Gasteiger partial charge in [-0.2, -0.15) is 0 Å². The maximum absolute atomic E-state index is 5.93. The van der Waals surface area contributed by atoms with Gasteiger partial charge in [-0.1, -0.05) is 11.6 Å². The summed E-state index contributed by atoms with van der Waals surface area (Å²) >= 11 is 9.26. The van der Waals surface area contributed by atoms with Gasteiger partial charge in [-0.05, 0) is 35.0 Å². The smallest absolute Gasteiger partial charge is 0.123 e. The average Bonchev–Trinajstić information content (AvgIpc) is 2.01. The molecule has 0 heterocycles. The highest BCUT2D eigenvalue weighted by Gasteiger charge is 2.05. The van der Waals surface area contributed by atoms with Gasteiger partial charge in [0.05, 0.1) is 12.1 Å². The summed E-state index contributed by atoms with van der Waals surface area (Å²) in [4.78, 5) is 0. The highest BCUT2D eigenvalue weighted by Crippen LogP contribution is 2.31. The molecule has 3 heteroatoms. The van der Waals surface area contributed by atoms with Gasteiger partial charge in [-0.3, -0.25) is 0 Å². The Bertz CT molecular complexity index is 273. The van der Waals surface area contributed by atoms with Gasteiger partial charge in [0.15, 0.2) is 0 Å². The highest BCUT2D eigenvalue weighted by atomic mass is 79.9. The minimum atomic E-state index is 0.712. The van der Waals surface area contributed by atoms with E-state index in [9.17, 15) is 0 Å². The van der Waals surface area contributed by atoms with Crippen molar-refractivity contribution in [3.05, 3.63) is 27.2 Å². The maximum atomic E-state index is 5.93. The Morgan fingerprint density at radius 2 is 2.09 bits per heavy atom. The number of ether oxygens (including phenoxy) is 1. The molecule has 0 spiro atoms. The Hall–Kier alpha value is -0.210. The molecule has 11 heavy (non-hydrogen) atoms. The molecule has 1 aromatic carbocycles. The van der Waals surface area contributed by atoms with Crippen LogP contribution >= 0.6 is 27.5 Å². The average molecular weight is 236 g/mol. The Kier molecular flexibility index (Phi) is 2.79. The molecule has 0 amide bonds. The zero-order valence-corrected chi connectivity index (χ0v) is 8.66. The second kappa shape index (κ2) is 3.46. The summed E-state index contributed by atoms with van der Waals surface area (Å²) in [5.74, 6) is 0.818. The number of methoxy groups -OCH3 is 1. The number of benzene rings is 1. The van der Waals surface area contributed by atoms with Crippen molar-refractivity contribution >= 4 is 27.5 Å². The van der Waals surface area contributed by atoms with E-state index in [1.807, 2.05) is 19.1 Å². The minimum absolute atomic E-state index is 0.712. The normalized spacial score (nSPS) is 9.82. The lowest BCUT2D eigenvalue weighted by Crippen LogP contribution is -1.87. The Labute approximate surface area is 79.4 Å². The van der Waals surface area contributed by atoms with Gasteiger partial charge < -0.3 is 4.74 Å². The van der Waals surface area contributed by atoms with Crippen molar-refractivity contribution in [3.8, 4) is 5.75 Å². The second-order valence-electron chi connectivity index (χ2n) is 2.19. The second-order valence-corrected chi connectivity index (χ2v) is 3.42. The molecule has 0 atom stereocenters. The quantitative estimate of drug-likeness (QED) is 0.725. The number of hydrogen-bond donors (Lipinski definition) is 0. The van der Waals surface area contributed by atoms with E-state index in [0.717, 1.165) is 15.8 Å². The van der Waals surface area contributed by atoms with Crippen molar-refractivity contribution in [2.45, 2.75) is 6.92 Å². The summed E-state index contributed by atoms with van der Waals surface area (Å²) in [5.41, 5.74) is 0.962. The molecule has 0 aliphatic rings. The van der Waals surface area contributed by atoms with Crippen LogP contribution in [0.15, 0.2) is 16.6 Å². The van der Waals surface area contributed by atoms with E-state index in [2.05, 4.69) is 15.9 Å². The summed E-state index contributed by atoms with van der Waals surface area (Å²) < 4.78 is 5.98. The SMILES string of the molecule is COc1ccc(Br)c(Cl)c1C. The summed E-state index contributed by atoms with van der Waals surface area (Å²) in [6.07, 6.45) is 0. The van der Waals surface area contributed by atoms with Gasteiger partial charge in [0.25, 0.3) is 0 Å². The van der Waals surface area contributed by atoms with E-state index in [1.165, 1.54) is 0 Å². The van der Waals surface area contributed by atoms with Gasteiger partial charge in [-0.25, -0.2) is 0 Å². The zero-order valence-electron chi connectivity index (χ0n) is 6.32. The van der Waals surface area contributed by atoms with E-state index in [-0.39, 0.29) is 0 Å². The van der Waals surface area contributed by atoms with Crippen LogP contribution in [0.3, 0.4) is 0 Å². The predicted octanol–water partition coefficient (Wildman–Crippen LogP) is 3.42. The molecule has 0 bridgehead atoms. The first-order valence-electron chi connectivity index (χ1n) is 3.15. The Balaban J connectivity index is 3.25. The molecule has 0 fully saturated rings. The van der Waals surface area contributed by atoms with Crippen molar-refractivity contribution in [1.82, 2.24) is 0 Å². The van der Waals surface area contributed by atoms with Crippen molar-refractivity contribution < 1.29 is 4.74 Å². The van der Waals surface area contributed by atoms with Crippen molar-refractivity contribution in [2.24, 2.45) is 0 Å². The van der Waals surface area contributed by atoms with Crippen LogP contribution in [0.5, 0.6) is 5.75 Å². The molecular formula is C8H8BrClO. The third-order valence-corrected chi connectivity index (χ3v) is 2.89. The first-order chi connectivity index (χ1) is 5.16. The molecule has 0 saturated heterocycles. The standard InChI is InChI=1S/C8H8BrClO/c1-5-7(11-2)4-3-6(9)8(5)10/h3-4H,1-2H3. The molecular weight excluding hydrogens is 227 g/mol. The van der Waals surface area contributed by atoms with Gasteiger partial charge in [-0.15, -0.1) is 0 Å². The van der Waals surface area contributed by atoms with Gasteiger partial charge in [0.2, 0.25) is 0 Å². The topological polar surface area (TPSA) is 9.23 Å². The minimum Gasteiger partial charge on any atom is -0.496 e. The molecule has 0 radical (unpaired) electrons. The van der Waals surface area contributed by atoms with E-state index in [4.69, 9.17) is 16.3 Å². The zero-order chi connectivity index (χ0) is 8.43. The van der Waals surface area contributed by atoms with Crippen LogP contribution < -0.4 is 4.74 Å². The fourth-order valence-electron chi connectivity index (χ4n) is 0.855. The molecule has 1 rings (SSSR count). The molecule has 0 aliphatic heterocycles. The summed E-state index contributed by atoms with van der Waals surface area (Å²) in [7, 11) is 1.63. The molecule has 0 unspecified atom stereocenters. The van der Waals surface area contributed by atoms with E-state index in [1.54, 1.807) is 7.11 Å². The van der Waals surface area contributed by atoms with Crippen LogP contribution in [0.25, 0.3) is 0 Å². The fourth-order valence-corrected chi connectivity index (χ4v) is 1.44. The van der Waals surface area contributed by atoms with Crippen molar-refractivity contribution in [1.29, 1.82) is 0 Å². The molecule has 60 valence electrons. The molecule has 0 N–H and O–H groups in total. The molecule has 0 aliphatic carbocycles. The lowest BCUT2D eigenvalue weighted by Gasteiger charge is -2.06. The predicted molar refractivity (Wildman–Crippen MR) is 50.4 cm³/mol. The Morgan fingerprint density at radius 1 is 1.45 bits per heavy atom. The van der Waals surface area contributed by atoms with Crippen LogP contribution in [-0.2, 0) is 0 Å². The number of hydrogen-bond acceptors (Lipinski definition) is 1. The molecule has 1 nitrogen and oxygen atoms in total. The van der Waals surface area contributed by atoms with Crippen molar-refractivity contribution in [3.63, 3.8) is 0 Å². The van der Waals surface area contributed by atoms with Gasteiger partial charge in [0.1, 0.15) is 5.75 Å². The van der Waals surface area contributed by atoms with Crippen LogP contribution in [-0.4, -0.2) is 7.11 Å². The third kappa shape index (κ3) is 1.68. The summed E-state index contributed by atoms with van der Waals surface area (Å²) in [5, 5.41) is 0.712. The molecule has 0 aromatic heterocycles. The lowest BCUT2D eigenvalue weighted by molar-refractivity contribution is 0.411. The maximum Gasteiger partial charge on any atom is 0.123 e. The largest absolute Gasteiger partial charge is 0.496 e. The van der Waals surface area contributed by atoms with Crippen LogP contribution in [0.4, 0.5) is 0 Å². The number of rotatable bonds is 1. The summed E-state index contributed by atoms with van der Waals surface area (Å²) in [6, 6.07) is 3.75. The third-order valence-electron chi connectivity index (χ3n) is 1.51. The van der Waals surface area contributed by atoms with Crippen LogP contribution in [0, 0.1) is 6.92 Å². The van der Waals surface area contributed by atoms with Gasteiger partial charge >= 0.3 is 0 Å². The molecule has 0 saturated carbocycles. The summed E-state index contributed by atoms with van der Waals surface area (Å²) in [6.45, 7) is 1.92. The van der Waals surface area contributed by atoms with E-state index in [0.29, 0.717) is 5.02 Å². The highest BCUT2D eigenvalue weighted by molar-refractivity contribution is 9.10. The first-order valence-corrected chi connectivity index (χ1v) is 4.32.